The van der Waals surface area contributed by atoms with Crippen LogP contribution in [-0.4, -0.2) is 51.6 Å². The molecule has 0 heterocycles. The van der Waals surface area contributed by atoms with E-state index < -0.39 is 0 Å². The van der Waals surface area contributed by atoms with Crippen LogP contribution in [0.2, 0.25) is 0 Å². The first-order chi connectivity index (χ1) is 13.5. The van der Waals surface area contributed by atoms with Gasteiger partial charge in [-0.1, -0.05) is 24.3 Å². The van der Waals surface area contributed by atoms with Crippen molar-refractivity contribution in [2.45, 2.75) is 13.1 Å². The maximum atomic E-state index is 12.1. The van der Waals surface area contributed by atoms with Crippen LogP contribution < -0.4 is 20.1 Å². The zero-order chi connectivity index (χ0) is 20.4. The number of nitrogens with zero attached hydrogens (tertiary/aromatic N) is 2. The third-order valence-electron chi connectivity index (χ3n) is 4.21. The third-order valence-corrected chi connectivity index (χ3v) is 4.21. The number of carbonyl (C=O) groups excluding carboxylic acids is 1. The number of hydrogen-bond donors (Lipinski definition) is 2. The number of guanidine groups is 1. The average Bonchev–Trinajstić information content (AvgIpc) is 2.73. The van der Waals surface area contributed by atoms with Crippen LogP contribution in [0.5, 0.6) is 11.5 Å². The van der Waals surface area contributed by atoms with Gasteiger partial charge in [0.25, 0.3) is 0 Å². The van der Waals surface area contributed by atoms with Crippen LogP contribution in [0.1, 0.15) is 11.1 Å². The quantitative estimate of drug-likeness (QED) is 0.538. The lowest BCUT2D eigenvalue weighted by molar-refractivity contribution is -0.120. The molecule has 2 rings (SSSR count). The van der Waals surface area contributed by atoms with Crippen molar-refractivity contribution < 1.29 is 14.3 Å². The first-order valence-corrected chi connectivity index (χ1v) is 9.00. The Labute approximate surface area is 166 Å². The molecule has 1 amide bonds. The first-order valence-electron chi connectivity index (χ1n) is 9.00. The van der Waals surface area contributed by atoms with E-state index in [1.807, 2.05) is 60.5 Å². The van der Waals surface area contributed by atoms with Gasteiger partial charge in [0, 0.05) is 27.2 Å². The SMILES string of the molecule is CN=C(NCC(=O)NCc1ccc(OC)cc1)N(C)Cc1ccc(OC)cc1. The lowest BCUT2D eigenvalue weighted by Gasteiger charge is -2.22. The number of rotatable bonds is 8. The second-order valence-electron chi connectivity index (χ2n) is 6.23. The Hall–Kier alpha value is -3.22. The van der Waals surface area contributed by atoms with E-state index in [9.17, 15) is 4.79 Å². The number of amides is 1. The van der Waals surface area contributed by atoms with Gasteiger partial charge < -0.3 is 25.0 Å². The zero-order valence-corrected chi connectivity index (χ0v) is 16.9. The van der Waals surface area contributed by atoms with E-state index in [1.165, 1.54) is 0 Å². The van der Waals surface area contributed by atoms with Gasteiger partial charge in [-0.2, -0.15) is 0 Å². The molecular formula is C21H28N4O3. The minimum Gasteiger partial charge on any atom is -0.497 e. The second kappa shape index (κ2) is 10.8. The van der Waals surface area contributed by atoms with Crippen LogP contribution in [0.25, 0.3) is 0 Å². The second-order valence-corrected chi connectivity index (χ2v) is 6.23. The van der Waals surface area contributed by atoms with Crippen LogP contribution in [0.3, 0.4) is 0 Å². The van der Waals surface area contributed by atoms with Crippen LogP contribution in [0, 0.1) is 0 Å². The highest BCUT2D eigenvalue weighted by atomic mass is 16.5. The highest BCUT2D eigenvalue weighted by Crippen LogP contribution is 2.13. The monoisotopic (exact) mass is 384 g/mol. The molecule has 0 aliphatic carbocycles. The summed E-state index contributed by atoms with van der Waals surface area (Å²) in [7, 11) is 6.89. The molecule has 0 aromatic heterocycles. The summed E-state index contributed by atoms with van der Waals surface area (Å²) < 4.78 is 10.3. The summed E-state index contributed by atoms with van der Waals surface area (Å²) in [5.74, 6) is 2.16. The molecule has 7 nitrogen and oxygen atoms in total. The lowest BCUT2D eigenvalue weighted by atomic mass is 10.2. The molecule has 0 radical (unpaired) electrons. The topological polar surface area (TPSA) is 75.2 Å². The summed E-state index contributed by atoms with van der Waals surface area (Å²) in [6.45, 7) is 1.28. The van der Waals surface area contributed by atoms with E-state index in [1.54, 1.807) is 21.3 Å². The fourth-order valence-electron chi connectivity index (χ4n) is 2.63. The Morgan fingerprint density at radius 1 is 0.929 bits per heavy atom. The van der Waals surface area contributed by atoms with Crippen molar-refractivity contribution in [2.75, 3.05) is 34.9 Å². The van der Waals surface area contributed by atoms with E-state index >= 15 is 0 Å². The molecule has 0 saturated heterocycles. The van der Waals surface area contributed by atoms with Gasteiger partial charge in [-0.3, -0.25) is 9.79 Å². The molecule has 2 N–H and O–H groups in total. The largest absolute Gasteiger partial charge is 0.497 e. The number of aliphatic imine (C=N–C) groups is 1. The molecule has 0 spiro atoms. The molecule has 2 aromatic carbocycles. The summed E-state index contributed by atoms with van der Waals surface area (Å²) >= 11 is 0. The molecule has 150 valence electrons. The predicted molar refractivity (Wildman–Crippen MR) is 111 cm³/mol. The Balaban J connectivity index is 1.78. The highest BCUT2D eigenvalue weighted by Gasteiger charge is 2.09. The number of ether oxygens (including phenoxy) is 2. The van der Waals surface area contributed by atoms with Gasteiger partial charge in [0.15, 0.2) is 5.96 Å². The minimum absolute atomic E-state index is 0.102. The van der Waals surface area contributed by atoms with Gasteiger partial charge >= 0.3 is 0 Å². The zero-order valence-electron chi connectivity index (χ0n) is 16.9. The average molecular weight is 384 g/mol. The summed E-state index contributed by atoms with van der Waals surface area (Å²) in [6.07, 6.45) is 0. The van der Waals surface area contributed by atoms with Crippen molar-refractivity contribution in [3.63, 3.8) is 0 Å². The number of carbonyl (C=O) groups is 1. The molecule has 0 aliphatic heterocycles. The number of hydrogen-bond acceptors (Lipinski definition) is 4. The van der Waals surface area contributed by atoms with Gasteiger partial charge in [0.05, 0.1) is 20.8 Å². The first kappa shape index (κ1) is 21.1. The summed E-state index contributed by atoms with van der Waals surface area (Å²) in [6, 6.07) is 15.4. The molecule has 28 heavy (non-hydrogen) atoms. The van der Waals surface area contributed by atoms with Crippen LogP contribution in [-0.2, 0) is 17.9 Å². The predicted octanol–water partition coefficient (Wildman–Crippen LogP) is 2.03. The Morgan fingerprint density at radius 2 is 1.46 bits per heavy atom. The van der Waals surface area contributed by atoms with E-state index in [0.717, 1.165) is 22.6 Å². The Bertz CT molecular complexity index is 773. The Morgan fingerprint density at radius 3 is 1.96 bits per heavy atom. The van der Waals surface area contributed by atoms with Gasteiger partial charge in [0.2, 0.25) is 5.91 Å². The van der Waals surface area contributed by atoms with Gasteiger partial charge in [-0.15, -0.1) is 0 Å². The maximum Gasteiger partial charge on any atom is 0.239 e. The van der Waals surface area contributed by atoms with Crippen molar-refractivity contribution >= 4 is 11.9 Å². The molecule has 0 bridgehead atoms. The van der Waals surface area contributed by atoms with Crippen LogP contribution in [0.15, 0.2) is 53.5 Å². The summed E-state index contributed by atoms with van der Waals surface area (Å²) in [4.78, 5) is 18.3. The number of methoxy groups -OCH3 is 2. The van der Waals surface area contributed by atoms with Crippen LogP contribution >= 0.6 is 0 Å². The third kappa shape index (κ3) is 6.50. The van der Waals surface area contributed by atoms with Crippen molar-refractivity contribution in [1.82, 2.24) is 15.5 Å². The smallest absolute Gasteiger partial charge is 0.239 e. The van der Waals surface area contributed by atoms with Crippen molar-refractivity contribution in [3.8, 4) is 11.5 Å². The lowest BCUT2D eigenvalue weighted by Crippen LogP contribution is -2.43. The van der Waals surface area contributed by atoms with Crippen molar-refractivity contribution in [3.05, 3.63) is 59.7 Å². The standard InChI is InChI=1S/C21H28N4O3/c1-22-21(25(2)15-17-7-11-19(28-4)12-8-17)24-14-20(26)23-13-16-5-9-18(27-3)10-6-16/h5-12H,13-15H2,1-4H3,(H,22,24)(H,23,26). The molecule has 0 saturated carbocycles. The summed E-state index contributed by atoms with van der Waals surface area (Å²) in [5.41, 5.74) is 2.13. The van der Waals surface area contributed by atoms with Crippen molar-refractivity contribution in [2.24, 2.45) is 4.99 Å². The molecular weight excluding hydrogens is 356 g/mol. The Kier molecular flexibility index (Phi) is 8.14. The van der Waals surface area contributed by atoms with E-state index in [2.05, 4.69) is 15.6 Å². The molecule has 0 aliphatic rings. The number of benzene rings is 2. The highest BCUT2D eigenvalue weighted by molar-refractivity contribution is 5.86. The minimum atomic E-state index is -0.102. The molecule has 0 unspecified atom stereocenters. The number of nitrogens with one attached hydrogen (secondary N) is 2. The normalized spacial score (nSPS) is 10.9. The van der Waals surface area contributed by atoms with Gasteiger partial charge in [0.1, 0.15) is 11.5 Å². The van der Waals surface area contributed by atoms with E-state index in [4.69, 9.17) is 9.47 Å². The molecule has 0 fully saturated rings. The van der Waals surface area contributed by atoms with Crippen LogP contribution in [0.4, 0.5) is 0 Å². The van der Waals surface area contributed by atoms with E-state index in [0.29, 0.717) is 19.0 Å². The van der Waals surface area contributed by atoms with Gasteiger partial charge in [-0.25, -0.2) is 0 Å². The van der Waals surface area contributed by atoms with Gasteiger partial charge in [-0.05, 0) is 35.4 Å². The molecule has 0 atom stereocenters. The molecule has 7 heteroatoms. The summed E-state index contributed by atoms with van der Waals surface area (Å²) in [5, 5.41) is 5.97. The van der Waals surface area contributed by atoms with Crippen molar-refractivity contribution in [1.29, 1.82) is 0 Å². The fourth-order valence-corrected chi connectivity index (χ4v) is 2.63. The van der Waals surface area contributed by atoms with E-state index in [-0.39, 0.29) is 12.5 Å². The fraction of sp³-hybridized carbons (Fsp3) is 0.333. The molecule has 2 aromatic rings. The maximum absolute atomic E-state index is 12.1.